The lowest BCUT2D eigenvalue weighted by Crippen LogP contribution is -2.59. The molecule has 0 saturated carbocycles. The van der Waals surface area contributed by atoms with Gasteiger partial charge in [0.25, 0.3) is 0 Å². The monoisotopic (exact) mass is 841 g/mol. The molecule has 2 heterocycles. The fourth-order valence-electron chi connectivity index (χ4n) is 6.74. The normalized spacial score (nSPS) is 16.7. The number of hydrogen-bond donors (Lipinski definition) is 11. The van der Waals surface area contributed by atoms with E-state index in [0.29, 0.717) is 12.0 Å². The summed E-state index contributed by atoms with van der Waals surface area (Å²) in [6.45, 7) is 6.68. The first-order valence-corrected chi connectivity index (χ1v) is 19.9. The number of carboxylic acid groups (broad SMARTS) is 2. The molecule has 0 bridgehead atoms. The summed E-state index contributed by atoms with van der Waals surface area (Å²) in [7, 11) is 0. The highest BCUT2D eigenvalue weighted by Crippen LogP contribution is 2.23. The first-order chi connectivity index (χ1) is 28.3. The highest BCUT2D eigenvalue weighted by Gasteiger charge is 2.40. The Balaban J connectivity index is 1.84. The number of aromatic nitrogens is 1. The zero-order valence-electron chi connectivity index (χ0n) is 34.4. The van der Waals surface area contributed by atoms with Gasteiger partial charge in [0.1, 0.15) is 36.3 Å². The van der Waals surface area contributed by atoms with Crippen molar-refractivity contribution in [3.05, 3.63) is 36.0 Å². The number of para-hydroxylation sites is 1. The van der Waals surface area contributed by atoms with Gasteiger partial charge in [-0.05, 0) is 69.9 Å². The number of carboxylic acids is 2. The summed E-state index contributed by atoms with van der Waals surface area (Å²) in [6, 6.07) is -0.976. The molecule has 1 saturated heterocycles. The first-order valence-electron chi connectivity index (χ1n) is 19.9. The fourth-order valence-corrected chi connectivity index (χ4v) is 6.74. The number of amides is 6. The van der Waals surface area contributed by atoms with Crippen molar-refractivity contribution < 1.29 is 48.6 Å². The molecule has 0 spiro atoms. The topological polar surface area (TPSA) is 347 Å². The number of hydrogen-bond acceptors (Lipinski definition) is 10. The van der Waals surface area contributed by atoms with Gasteiger partial charge < -0.3 is 63.9 Å². The van der Waals surface area contributed by atoms with E-state index in [1.807, 2.05) is 38.1 Å². The number of aliphatic carboxylic acids is 2. The number of nitrogens with zero attached hydrogens (tertiary/aromatic N) is 2. The van der Waals surface area contributed by atoms with E-state index < -0.39 is 96.1 Å². The molecule has 1 aromatic carbocycles. The van der Waals surface area contributed by atoms with Gasteiger partial charge in [0, 0.05) is 43.0 Å². The van der Waals surface area contributed by atoms with Crippen molar-refractivity contribution in [2.75, 3.05) is 13.1 Å². The lowest BCUT2D eigenvalue weighted by atomic mass is 10.00. The third-order valence-corrected chi connectivity index (χ3v) is 9.90. The minimum atomic E-state index is -1.32. The number of likely N-dealkylation sites (tertiary alicyclic amines) is 1. The second-order valence-corrected chi connectivity index (χ2v) is 15.4. The van der Waals surface area contributed by atoms with Crippen molar-refractivity contribution in [2.24, 2.45) is 28.1 Å². The van der Waals surface area contributed by atoms with Crippen LogP contribution in [0.1, 0.15) is 78.2 Å². The Kier molecular flexibility index (Phi) is 18.3. The number of carbonyl (C=O) groups is 8. The molecule has 0 unspecified atom stereocenters. The molecule has 1 aliphatic rings. The van der Waals surface area contributed by atoms with E-state index in [2.05, 4.69) is 36.6 Å². The van der Waals surface area contributed by atoms with Crippen LogP contribution in [0, 0.1) is 5.92 Å². The predicted molar refractivity (Wildman–Crippen MR) is 220 cm³/mol. The summed E-state index contributed by atoms with van der Waals surface area (Å²) in [5.41, 5.74) is 17.8. The second-order valence-electron chi connectivity index (χ2n) is 15.4. The number of carbonyl (C=O) groups excluding carboxylic acids is 6. The van der Waals surface area contributed by atoms with E-state index >= 15 is 0 Å². The maximum Gasteiger partial charge on any atom is 0.326 e. The molecule has 1 aliphatic heterocycles. The van der Waals surface area contributed by atoms with Crippen molar-refractivity contribution in [3.8, 4) is 0 Å². The van der Waals surface area contributed by atoms with Crippen LogP contribution in [0.3, 0.4) is 0 Å². The van der Waals surface area contributed by atoms with Gasteiger partial charge in [0.05, 0.1) is 6.04 Å². The molecular formula is C39H59N11O10. The predicted octanol–water partition coefficient (Wildman–Crippen LogP) is -1.46. The zero-order valence-corrected chi connectivity index (χ0v) is 34.4. The average molecular weight is 842 g/mol. The van der Waals surface area contributed by atoms with Crippen LogP contribution < -0.4 is 43.8 Å². The van der Waals surface area contributed by atoms with Crippen molar-refractivity contribution in [3.63, 3.8) is 0 Å². The van der Waals surface area contributed by atoms with Crippen LogP contribution in [0.2, 0.25) is 0 Å². The molecule has 1 aromatic heterocycles. The van der Waals surface area contributed by atoms with Gasteiger partial charge in [-0.1, -0.05) is 32.0 Å². The van der Waals surface area contributed by atoms with E-state index in [1.54, 1.807) is 6.20 Å². The largest absolute Gasteiger partial charge is 0.481 e. The van der Waals surface area contributed by atoms with Gasteiger partial charge in [-0.25, -0.2) is 4.79 Å². The minimum absolute atomic E-state index is 0.0123. The van der Waals surface area contributed by atoms with Gasteiger partial charge >= 0.3 is 11.9 Å². The Labute approximate surface area is 347 Å². The van der Waals surface area contributed by atoms with Crippen molar-refractivity contribution in [1.29, 1.82) is 0 Å². The Morgan fingerprint density at radius 3 is 2.12 bits per heavy atom. The lowest BCUT2D eigenvalue weighted by Gasteiger charge is -2.31. The molecule has 330 valence electrons. The number of rotatable bonds is 23. The van der Waals surface area contributed by atoms with Gasteiger partial charge in [0.2, 0.25) is 35.4 Å². The van der Waals surface area contributed by atoms with Crippen LogP contribution >= 0.6 is 0 Å². The third-order valence-electron chi connectivity index (χ3n) is 9.90. The summed E-state index contributed by atoms with van der Waals surface area (Å²) < 4.78 is 0. The number of nitrogens with one attached hydrogen (secondary N) is 6. The molecule has 7 atom stereocenters. The smallest absolute Gasteiger partial charge is 0.326 e. The molecule has 21 nitrogen and oxygen atoms in total. The van der Waals surface area contributed by atoms with E-state index in [0.717, 1.165) is 10.9 Å². The van der Waals surface area contributed by atoms with Crippen LogP contribution in [-0.4, -0.2) is 129 Å². The van der Waals surface area contributed by atoms with Crippen molar-refractivity contribution >= 4 is 64.2 Å². The Morgan fingerprint density at radius 1 is 0.833 bits per heavy atom. The Bertz CT molecular complexity index is 1890. The van der Waals surface area contributed by atoms with Crippen LogP contribution in [-0.2, 0) is 44.8 Å². The number of H-pyrrole nitrogens is 1. The maximum atomic E-state index is 14.5. The molecule has 3 rings (SSSR count). The SMILES string of the molecule is CC(C)C[C@H](NC(=O)[C@H](C)NC(=O)[C@H](CCC(=O)O)NC(=O)[C@H](C)N)C(=O)N[C@@H](Cc1c[nH]c2ccccc12)C(=O)N1CCC[C@H]1C(=O)N[C@@H](CCCN=C(N)N)C(=O)O. The number of fused-ring (bicyclic) bond motifs is 1. The maximum absolute atomic E-state index is 14.5. The number of nitrogens with two attached hydrogens (primary N) is 3. The Morgan fingerprint density at radius 2 is 1.48 bits per heavy atom. The second kappa shape index (κ2) is 22.8. The minimum Gasteiger partial charge on any atom is -0.481 e. The summed E-state index contributed by atoms with van der Waals surface area (Å²) in [5.74, 6) is -7.08. The molecule has 60 heavy (non-hydrogen) atoms. The summed E-state index contributed by atoms with van der Waals surface area (Å²) in [4.78, 5) is 113. The number of benzene rings is 1. The van der Waals surface area contributed by atoms with Gasteiger partial charge in [0.15, 0.2) is 5.96 Å². The van der Waals surface area contributed by atoms with Gasteiger partial charge in [-0.3, -0.25) is 38.6 Å². The molecule has 6 amide bonds. The molecule has 1 fully saturated rings. The standard InChI is InChI=1S/C39H59N11O10/c1-20(2)17-28(48-33(54)22(4)45-34(55)26(13-14-31(51)52)46-32(53)21(3)40)35(56)49-29(18-23-19-44-25-10-6-5-9-24(23)25)37(58)50-16-8-12-30(50)36(57)47-27(38(59)60)11-7-15-43-39(41)42/h5-6,9-10,19-22,26-30,44H,7-8,11-18,40H2,1-4H3,(H,45,55)(H,46,53)(H,47,57)(H,48,54)(H,49,56)(H,51,52)(H,59,60)(H4,41,42,43)/t21-,22-,26-,27-,28-,29-,30-/m0/s1. The number of aromatic amines is 1. The highest BCUT2D eigenvalue weighted by atomic mass is 16.4. The van der Waals surface area contributed by atoms with Crippen LogP contribution in [0.15, 0.2) is 35.5 Å². The van der Waals surface area contributed by atoms with Crippen LogP contribution in [0.25, 0.3) is 10.9 Å². The lowest BCUT2D eigenvalue weighted by molar-refractivity contribution is -0.145. The average Bonchev–Trinajstić information content (AvgIpc) is 3.84. The van der Waals surface area contributed by atoms with E-state index in [-0.39, 0.29) is 63.5 Å². The molecule has 14 N–H and O–H groups in total. The number of aliphatic imine (C=N–C) groups is 1. The van der Waals surface area contributed by atoms with E-state index in [1.165, 1.54) is 18.7 Å². The van der Waals surface area contributed by atoms with E-state index in [9.17, 15) is 43.5 Å². The molecule has 2 aromatic rings. The molecule has 0 aliphatic carbocycles. The molecule has 21 heteroatoms. The third kappa shape index (κ3) is 14.5. The van der Waals surface area contributed by atoms with E-state index in [4.69, 9.17) is 22.3 Å². The summed E-state index contributed by atoms with van der Waals surface area (Å²) in [5, 5.41) is 32.6. The molecular weight excluding hydrogens is 782 g/mol. The highest BCUT2D eigenvalue weighted by molar-refractivity contribution is 5.97. The van der Waals surface area contributed by atoms with Crippen LogP contribution in [0.4, 0.5) is 0 Å². The summed E-state index contributed by atoms with van der Waals surface area (Å²) in [6.07, 6.45) is 2.05. The Hall–Kier alpha value is -6.25. The quantitative estimate of drug-likeness (QED) is 0.0347. The van der Waals surface area contributed by atoms with Crippen molar-refractivity contribution in [2.45, 2.75) is 121 Å². The van der Waals surface area contributed by atoms with Gasteiger partial charge in [-0.15, -0.1) is 0 Å². The number of guanidine groups is 1. The zero-order chi connectivity index (χ0) is 44.7. The van der Waals surface area contributed by atoms with Crippen LogP contribution in [0.5, 0.6) is 0 Å². The van der Waals surface area contributed by atoms with Crippen molar-refractivity contribution in [1.82, 2.24) is 36.5 Å². The molecule has 0 radical (unpaired) electrons. The first kappa shape index (κ1) is 48.1. The van der Waals surface area contributed by atoms with Gasteiger partial charge in [-0.2, -0.15) is 0 Å². The fraction of sp³-hybridized carbons (Fsp3) is 0.564. The summed E-state index contributed by atoms with van der Waals surface area (Å²) >= 11 is 0.